The summed E-state index contributed by atoms with van der Waals surface area (Å²) in [5.41, 5.74) is 1.90. The molecule has 29 heavy (non-hydrogen) atoms. The predicted molar refractivity (Wildman–Crippen MR) is 117 cm³/mol. The van der Waals surface area contributed by atoms with Crippen molar-refractivity contribution >= 4 is 11.6 Å². The van der Waals surface area contributed by atoms with Crippen molar-refractivity contribution in [2.75, 3.05) is 6.61 Å². The third-order valence-corrected chi connectivity index (χ3v) is 5.66. The predicted octanol–water partition coefficient (Wildman–Crippen LogP) is 6.76. The monoisotopic (exact) mass is 392 g/mol. The number of fused-ring (bicyclic) bond motifs is 2. The number of carbonyl (C=O) groups is 2. The lowest BCUT2D eigenvalue weighted by molar-refractivity contribution is 0.0978. The summed E-state index contributed by atoms with van der Waals surface area (Å²) >= 11 is 0. The Morgan fingerprint density at radius 2 is 1.14 bits per heavy atom. The maximum atomic E-state index is 12.8. The Morgan fingerprint density at radius 3 is 1.76 bits per heavy atom. The quantitative estimate of drug-likeness (QED) is 0.320. The molecule has 3 heteroatoms. The molecule has 2 aromatic rings. The van der Waals surface area contributed by atoms with E-state index in [1.807, 2.05) is 0 Å². The van der Waals surface area contributed by atoms with E-state index in [2.05, 4.69) is 6.92 Å². The molecule has 0 radical (unpaired) electrons. The van der Waals surface area contributed by atoms with Gasteiger partial charge in [-0.15, -0.1) is 0 Å². The van der Waals surface area contributed by atoms with E-state index < -0.39 is 0 Å². The van der Waals surface area contributed by atoms with Crippen LogP contribution < -0.4 is 4.74 Å². The molecule has 2 aromatic carbocycles. The SMILES string of the molecule is CCCCCCCCCCCCOc1ccc2c(c1)C(=O)c1ccccc1C2=O. The molecule has 3 nitrogen and oxygen atoms in total. The minimum Gasteiger partial charge on any atom is -0.494 e. The standard InChI is InChI=1S/C26H32O3/c1-2-3-4-5-6-7-8-9-10-13-18-29-20-16-17-23-24(19-20)26(28)22-15-12-11-14-21(22)25(23)27/h11-12,14-17,19H,2-10,13,18H2,1H3. The Kier molecular flexibility index (Phi) is 8.03. The third kappa shape index (κ3) is 5.56. The van der Waals surface area contributed by atoms with Crippen LogP contribution in [-0.4, -0.2) is 18.2 Å². The van der Waals surface area contributed by atoms with Crippen molar-refractivity contribution in [3.63, 3.8) is 0 Å². The van der Waals surface area contributed by atoms with Crippen molar-refractivity contribution in [2.45, 2.75) is 71.1 Å². The third-order valence-electron chi connectivity index (χ3n) is 5.66. The number of benzene rings is 2. The van der Waals surface area contributed by atoms with Gasteiger partial charge in [0.05, 0.1) is 6.61 Å². The van der Waals surface area contributed by atoms with E-state index in [1.54, 1.807) is 42.5 Å². The highest BCUT2D eigenvalue weighted by Gasteiger charge is 2.29. The molecule has 0 N–H and O–H groups in total. The van der Waals surface area contributed by atoms with Crippen LogP contribution in [0.5, 0.6) is 5.75 Å². The second kappa shape index (κ2) is 10.9. The van der Waals surface area contributed by atoms with Gasteiger partial charge in [0.25, 0.3) is 0 Å². The van der Waals surface area contributed by atoms with E-state index in [0.717, 1.165) is 6.42 Å². The summed E-state index contributed by atoms with van der Waals surface area (Å²) in [5, 5.41) is 0. The second-order valence-electron chi connectivity index (χ2n) is 7.94. The summed E-state index contributed by atoms with van der Waals surface area (Å²) in [6, 6.07) is 12.3. The van der Waals surface area contributed by atoms with E-state index in [9.17, 15) is 9.59 Å². The highest BCUT2D eigenvalue weighted by Crippen LogP contribution is 2.29. The molecule has 0 spiro atoms. The smallest absolute Gasteiger partial charge is 0.194 e. The maximum Gasteiger partial charge on any atom is 0.194 e. The Bertz CT molecular complexity index is 838. The van der Waals surface area contributed by atoms with Crippen molar-refractivity contribution in [1.82, 2.24) is 0 Å². The number of carbonyl (C=O) groups excluding carboxylic acids is 2. The van der Waals surface area contributed by atoms with Crippen LogP contribution >= 0.6 is 0 Å². The Hall–Kier alpha value is -2.42. The number of hydrogen-bond acceptors (Lipinski definition) is 3. The molecule has 0 fully saturated rings. The molecule has 154 valence electrons. The molecule has 0 unspecified atom stereocenters. The van der Waals surface area contributed by atoms with Crippen molar-refractivity contribution in [3.05, 3.63) is 64.7 Å². The van der Waals surface area contributed by atoms with Crippen LogP contribution in [0.3, 0.4) is 0 Å². The summed E-state index contributed by atoms with van der Waals surface area (Å²) in [6.07, 6.45) is 12.9. The average Bonchev–Trinajstić information content (AvgIpc) is 2.76. The van der Waals surface area contributed by atoms with Crippen LogP contribution in [0.1, 0.15) is 103 Å². The van der Waals surface area contributed by atoms with Gasteiger partial charge in [-0.05, 0) is 24.6 Å². The van der Waals surface area contributed by atoms with E-state index >= 15 is 0 Å². The molecule has 0 atom stereocenters. The zero-order valence-electron chi connectivity index (χ0n) is 17.5. The van der Waals surface area contributed by atoms with Crippen molar-refractivity contribution in [2.24, 2.45) is 0 Å². The maximum absolute atomic E-state index is 12.8. The van der Waals surface area contributed by atoms with Gasteiger partial charge in [0.1, 0.15) is 5.75 Å². The van der Waals surface area contributed by atoms with Gasteiger partial charge in [-0.25, -0.2) is 0 Å². The van der Waals surface area contributed by atoms with Gasteiger partial charge >= 0.3 is 0 Å². The molecule has 0 aromatic heterocycles. The summed E-state index contributed by atoms with van der Waals surface area (Å²) in [7, 11) is 0. The number of hydrogen-bond donors (Lipinski definition) is 0. The number of ether oxygens (including phenoxy) is 1. The zero-order valence-corrected chi connectivity index (χ0v) is 17.5. The van der Waals surface area contributed by atoms with Gasteiger partial charge in [-0.1, -0.05) is 89.0 Å². The average molecular weight is 393 g/mol. The number of unbranched alkanes of at least 4 members (excludes halogenated alkanes) is 9. The molecular weight excluding hydrogens is 360 g/mol. The first-order valence-corrected chi connectivity index (χ1v) is 11.2. The molecule has 0 aliphatic heterocycles. The largest absolute Gasteiger partial charge is 0.494 e. The highest BCUT2D eigenvalue weighted by molar-refractivity contribution is 6.28. The zero-order chi connectivity index (χ0) is 20.5. The van der Waals surface area contributed by atoms with Gasteiger partial charge in [-0.2, -0.15) is 0 Å². The number of rotatable bonds is 12. The van der Waals surface area contributed by atoms with Crippen LogP contribution in [0.15, 0.2) is 42.5 Å². The minimum absolute atomic E-state index is 0.0866. The summed E-state index contributed by atoms with van der Waals surface area (Å²) < 4.78 is 5.85. The molecule has 1 aliphatic rings. The fourth-order valence-electron chi connectivity index (χ4n) is 3.95. The van der Waals surface area contributed by atoms with Crippen LogP contribution in [0, 0.1) is 0 Å². The summed E-state index contributed by atoms with van der Waals surface area (Å²) in [5.74, 6) is 0.483. The van der Waals surface area contributed by atoms with Gasteiger partial charge in [0, 0.05) is 22.3 Å². The molecule has 0 saturated carbocycles. The first kappa shape index (κ1) is 21.3. The molecule has 3 rings (SSSR count). The van der Waals surface area contributed by atoms with Gasteiger partial charge < -0.3 is 4.74 Å². The molecule has 0 heterocycles. The summed E-state index contributed by atoms with van der Waals surface area (Å²) in [4.78, 5) is 25.4. The van der Waals surface area contributed by atoms with E-state index in [-0.39, 0.29) is 11.6 Å². The Morgan fingerprint density at radius 1 is 0.621 bits per heavy atom. The lowest BCUT2D eigenvalue weighted by atomic mass is 9.84. The van der Waals surface area contributed by atoms with Crippen LogP contribution in [0.25, 0.3) is 0 Å². The number of ketones is 2. The fraction of sp³-hybridized carbons (Fsp3) is 0.462. The van der Waals surface area contributed by atoms with Gasteiger partial charge in [-0.3, -0.25) is 9.59 Å². The van der Waals surface area contributed by atoms with Crippen LogP contribution in [0.2, 0.25) is 0 Å². The minimum atomic E-state index is -0.0976. The van der Waals surface area contributed by atoms with Crippen molar-refractivity contribution in [3.8, 4) is 5.75 Å². The topological polar surface area (TPSA) is 43.4 Å². The second-order valence-corrected chi connectivity index (χ2v) is 7.94. The first-order chi connectivity index (χ1) is 14.2. The molecular formula is C26H32O3. The van der Waals surface area contributed by atoms with E-state index in [1.165, 1.54) is 57.8 Å². The fourth-order valence-corrected chi connectivity index (χ4v) is 3.95. The van der Waals surface area contributed by atoms with Crippen molar-refractivity contribution in [1.29, 1.82) is 0 Å². The Balaban J connectivity index is 1.41. The van der Waals surface area contributed by atoms with Crippen LogP contribution in [0.4, 0.5) is 0 Å². The molecule has 0 saturated heterocycles. The lowest BCUT2D eigenvalue weighted by Gasteiger charge is -2.18. The van der Waals surface area contributed by atoms with E-state index in [4.69, 9.17) is 4.74 Å². The van der Waals surface area contributed by atoms with Gasteiger partial charge in [0.15, 0.2) is 11.6 Å². The van der Waals surface area contributed by atoms with E-state index in [0.29, 0.717) is 34.6 Å². The first-order valence-electron chi connectivity index (χ1n) is 11.2. The summed E-state index contributed by atoms with van der Waals surface area (Å²) in [6.45, 7) is 2.90. The molecule has 0 amide bonds. The lowest BCUT2D eigenvalue weighted by Crippen LogP contribution is -2.20. The Labute approximate surface area is 174 Å². The normalized spacial score (nSPS) is 12.6. The van der Waals surface area contributed by atoms with Crippen molar-refractivity contribution < 1.29 is 14.3 Å². The highest BCUT2D eigenvalue weighted by atomic mass is 16.5. The van der Waals surface area contributed by atoms with Crippen LogP contribution in [-0.2, 0) is 0 Å². The molecule has 0 bridgehead atoms. The molecule has 1 aliphatic carbocycles. The van der Waals surface area contributed by atoms with Gasteiger partial charge in [0.2, 0.25) is 0 Å².